The third-order valence-corrected chi connectivity index (χ3v) is 4.25. The standard InChI is InChI=1S/C14H18N2O2S/c1-3-7-15-8-9-16(14(15)18)10-12(17)13-6-5-11(4-2)19-13/h5-6,8-9H,3-4,7,10H2,1-2H3. The molecule has 0 N–H and O–H groups in total. The molecule has 2 aromatic rings. The van der Waals surface area contributed by atoms with Gasteiger partial charge in [0.05, 0.1) is 11.4 Å². The van der Waals surface area contributed by atoms with Crippen molar-refractivity contribution in [1.29, 1.82) is 0 Å². The lowest BCUT2D eigenvalue weighted by Crippen LogP contribution is -2.26. The molecule has 19 heavy (non-hydrogen) atoms. The minimum atomic E-state index is -0.109. The van der Waals surface area contributed by atoms with Gasteiger partial charge in [-0.1, -0.05) is 13.8 Å². The molecule has 0 atom stereocenters. The lowest BCUT2D eigenvalue weighted by molar-refractivity contribution is 0.0974. The van der Waals surface area contributed by atoms with E-state index in [1.54, 1.807) is 17.0 Å². The summed E-state index contributed by atoms with van der Waals surface area (Å²) in [5, 5.41) is 0. The molecule has 0 spiro atoms. The number of imidazole rings is 1. The van der Waals surface area contributed by atoms with Gasteiger partial charge in [0, 0.05) is 23.8 Å². The third-order valence-electron chi connectivity index (χ3n) is 2.98. The van der Waals surface area contributed by atoms with Crippen LogP contribution in [0.3, 0.4) is 0 Å². The van der Waals surface area contributed by atoms with Crippen LogP contribution in [0.4, 0.5) is 0 Å². The fourth-order valence-corrected chi connectivity index (χ4v) is 2.81. The molecular formula is C14H18N2O2S. The Kier molecular flexibility index (Phi) is 4.37. The fraction of sp³-hybridized carbons (Fsp3) is 0.429. The summed E-state index contributed by atoms with van der Waals surface area (Å²) in [7, 11) is 0. The van der Waals surface area contributed by atoms with Gasteiger partial charge in [-0.2, -0.15) is 0 Å². The Morgan fingerprint density at radius 1 is 1.21 bits per heavy atom. The molecule has 0 saturated heterocycles. The Hall–Kier alpha value is -1.62. The van der Waals surface area contributed by atoms with E-state index >= 15 is 0 Å². The van der Waals surface area contributed by atoms with E-state index in [2.05, 4.69) is 6.92 Å². The van der Waals surface area contributed by atoms with E-state index in [0.717, 1.165) is 17.7 Å². The van der Waals surface area contributed by atoms with Crippen LogP contribution < -0.4 is 5.69 Å². The van der Waals surface area contributed by atoms with Crippen LogP contribution >= 0.6 is 11.3 Å². The predicted molar refractivity (Wildman–Crippen MR) is 77.0 cm³/mol. The van der Waals surface area contributed by atoms with Gasteiger partial charge in [-0.05, 0) is 25.0 Å². The number of hydrogen-bond acceptors (Lipinski definition) is 3. The third kappa shape index (κ3) is 3.04. The molecule has 0 aliphatic heterocycles. The monoisotopic (exact) mass is 278 g/mol. The van der Waals surface area contributed by atoms with Crippen molar-refractivity contribution in [2.45, 2.75) is 39.8 Å². The molecule has 0 saturated carbocycles. The van der Waals surface area contributed by atoms with Crippen molar-refractivity contribution < 1.29 is 4.79 Å². The van der Waals surface area contributed by atoms with Crippen molar-refractivity contribution in [3.63, 3.8) is 0 Å². The zero-order chi connectivity index (χ0) is 13.8. The first-order valence-electron chi connectivity index (χ1n) is 6.53. The molecule has 2 aromatic heterocycles. The summed E-state index contributed by atoms with van der Waals surface area (Å²) < 4.78 is 3.11. The van der Waals surface area contributed by atoms with Gasteiger partial charge in [0.1, 0.15) is 0 Å². The van der Waals surface area contributed by atoms with Gasteiger partial charge in [0.15, 0.2) is 5.78 Å². The van der Waals surface area contributed by atoms with Gasteiger partial charge in [-0.25, -0.2) is 4.79 Å². The highest BCUT2D eigenvalue weighted by molar-refractivity contribution is 7.14. The number of thiophene rings is 1. The van der Waals surface area contributed by atoms with Crippen molar-refractivity contribution in [3.05, 3.63) is 44.8 Å². The van der Waals surface area contributed by atoms with E-state index in [9.17, 15) is 9.59 Å². The minimum absolute atomic E-state index is 0.000971. The highest BCUT2D eigenvalue weighted by Gasteiger charge is 2.12. The predicted octanol–water partition coefficient (Wildman–Crippen LogP) is 2.57. The Balaban J connectivity index is 2.12. The van der Waals surface area contributed by atoms with Crippen molar-refractivity contribution in [3.8, 4) is 0 Å². The van der Waals surface area contributed by atoms with Crippen LogP contribution in [0.5, 0.6) is 0 Å². The molecular weight excluding hydrogens is 260 g/mol. The number of ketones is 1. The lowest BCUT2D eigenvalue weighted by atomic mass is 10.3. The normalized spacial score (nSPS) is 10.8. The first-order valence-corrected chi connectivity index (χ1v) is 7.34. The summed E-state index contributed by atoms with van der Waals surface area (Å²) >= 11 is 1.51. The number of nitrogens with zero attached hydrogens (tertiary/aromatic N) is 2. The Bertz CT molecular complexity index is 621. The van der Waals surface area contributed by atoms with Crippen LogP contribution in [0, 0.1) is 0 Å². The molecule has 0 radical (unpaired) electrons. The van der Waals surface area contributed by atoms with Gasteiger partial charge in [-0.15, -0.1) is 11.3 Å². The number of aromatic nitrogens is 2. The lowest BCUT2D eigenvalue weighted by Gasteiger charge is -2.00. The summed E-state index contributed by atoms with van der Waals surface area (Å²) in [6.07, 6.45) is 5.27. The maximum atomic E-state index is 12.1. The van der Waals surface area contributed by atoms with Crippen LogP contribution in [-0.4, -0.2) is 14.9 Å². The van der Waals surface area contributed by atoms with Crippen molar-refractivity contribution in [1.82, 2.24) is 9.13 Å². The van der Waals surface area contributed by atoms with Gasteiger partial charge < -0.3 is 0 Å². The average Bonchev–Trinajstić information content (AvgIpc) is 3.00. The zero-order valence-electron chi connectivity index (χ0n) is 11.3. The first kappa shape index (κ1) is 13.8. The molecule has 0 unspecified atom stereocenters. The van der Waals surface area contributed by atoms with Crippen molar-refractivity contribution in [2.75, 3.05) is 0 Å². The zero-order valence-corrected chi connectivity index (χ0v) is 12.1. The van der Waals surface area contributed by atoms with E-state index < -0.39 is 0 Å². The number of aryl methyl sites for hydroxylation is 2. The number of Topliss-reactive ketones (excluding diaryl/α,β-unsaturated/α-hetero) is 1. The number of carbonyl (C=O) groups is 1. The van der Waals surface area contributed by atoms with Gasteiger partial charge in [-0.3, -0.25) is 13.9 Å². The molecule has 2 rings (SSSR count). The van der Waals surface area contributed by atoms with E-state index in [-0.39, 0.29) is 18.0 Å². The van der Waals surface area contributed by atoms with E-state index in [0.29, 0.717) is 6.54 Å². The highest BCUT2D eigenvalue weighted by Crippen LogP contribution is 2.17. The molecule has 0 aliphatic carbocycles. The van der Waals surface area contributed by atoms with Crippen LogP contribution in [0.1, 0.15) is 34.8 Å². The van der Waals surface area contributed by atoms with E-state index in [1.807, 2.05) is 19.1 Å². The summed E-state index contributed by atoms with van der Waals surface area (Å²) in [6, 6.07) is 3.82. The maximum absolute atomic E-state index is 12.1. The van der Waals surface area contributed by atoms with Crippen LogP contribution in [0.25, 0.3) is 0 Å². The molecule has 4 nitrogen and oxygen atoms in total. The second-order valence-corrected chi connectivity index (χ2v) is 5.61. The van der Waals surface area contributed by atoms with Gasteiger partial charge >= 0.3 is 5.69 Å². The quantitative estimate of drug-likeness (QED) is 0.762. The molecule has 2 heterocycles. The first-order chi connectivity index (χ1) is 9.15. The summed E-state index contributed by atoms with van der Waals surface area (Å²) in [4.78, 5) is 26.0. The topological polar surface area (TPSA) is 44.0 Å². The largest absolute Gasteiger partial charge is 0.328 e. The van der Waals surface area contributed by atoms with Crippen molar-refractivity contribution >= 4 is 17.1 Å². The van der Waals surface area contributed by atoms with Crippen molar-refractivity contribution in [2.24, 2.45) is 0 Å². The molecule has 0 aliphatic rings. The fourth-order valence-electron chi connectivity index (χ4n) is 1.94. The van der Waals surface area contributed by atoms with E-state index in [4.69, 9.17) is 0 Å². The van der Waals surface area contributed by atoms with Crippen LogP contribution in [0.15, 0.2) is 29.3 Å². The Morgan fingerprint density at radius 3 is 2.58 bits per heavy atom. The van der Waals surface area contributed by atoms with Gasteiger partial charge in [0.2, 0.25) is 0 Å². The maximum Gasteiger partial charge on any atom is 0.328 e. The second-order valence-electron chi connectivity index (χ2n) is 4.44. The summed E-state index contributed by atoms with van der Waals surface area (Å²) in [5.41, 5.74) is -0.109. The summed E-state index contributed by atoms with van der Waals surface area (Å²) in [6.45, 7) is 4.90. The Morgan fingerprint density at radius 2 is 1.95 bits per heavy atom. The smallest absolute Gasteiger partial charge is 0.299 e. The highest BCUT2D eigenvalue weighted by atomic mass is 32.1. The van der Waals surface area contributed by atoms with Crippen LogP contribution in [0.2, 0.25) is 0 Å². The number of hydrogen-bond donors (Lipinski definition) is 0. The van der Waals surface area contributed by atoms with Gasteiger partial charge in [0.25, 0.3) is 0 Å². The molecule has 0 amide bonds. The number of rotatable bonds is 6. The summed E-state index contributed by atoms with van der Waals surface area (Å²) in [5.74, 6) is 0.000971. The van der Waals surface area contributed by atoms with Crippen LogP contribution in [-0.2, 0) is 19.5 Å². The minimum Gasteiger partial charge on any atom is -0.299 e. The molecule has 102 valence electrons. The molecule has 0 aromatic carbocycles. The molecule has 5 heteroatoms. The van der Waals surface area contributed by atoms with E-state index in [1.165, 1.54) is 20.8 Å². The molecule has 0 bridgehead atoms. The molecule has 0 fully saturated rings. The average molecular weight is 278 g/mol. The Labute approximate surface area is 116 Å². The number of carbonyl (C=O) groups excluding carboxylic acids is 1. The SMILES string of the molecule is CCCn1ccn(CC(=O)c2ccc(CC)s2)c1=O. The second kappa shape index (κ2) is 6.02.